The molecule has 1 amide bonds. The number of amides is 1. The fraction of sp³-hybridized carbons (Fsp3) is 0.556. The van der Waals surface area contributed by atoms with Crippen molar-refractivity contribution >= 4 is 22.8 Å². The monoisotopic (exact) mass is 330 g/mol. The van der Waals surface area contributed by atoms with E-state index in [1.165, 1.54) is 0 Å². The van der Waals surface area contributed by atoms with E-state index in [9.17, 15) is 4.79 Å². The summed E-state index contributed by atoms with van der Waals surface area (Å²) in [6.07, 6.45) is 5.59. The Labute approximate surface area is 142 Å². The molecule has 6 nitrogen and oxygen atoms in total. The van der Waals surface area contributed by atoms with Crippen molar-refractivity contribution in [2.45, 2.75) is 45.3 Å². The number of carbonyl (C=O) groups is 1. The molecule has 2 aromatic rings. The number of nitrogens with zero attached hydrogens (tertiary/aromatic N) is 3. The van der Waals surface area contributed by atoms with Crippen LogP contribution in [0, 0.1) is 0 Å². The summed E-state index contributed by atoms with van der Waals surface area (Å²) in [5.74, 6) is 0.871. The van der Waals surface area contributed by atoms with Gasteiger partial charge in [0.1, 0.15) is 5.60 Å². The minimum atomic E-state index is -0.465. The van der Waals surface area contributed by atoms with Gasteiger partial charge in [0.2, 0.25) is 0 Å². The summed E-state index contributed by atoms with van der Waals surface area (Å²) in [5.41, 5.74) is 0.625. The fourth-order valence-corrected chi connectivity index (χ4v) is 3.13. The summed E-state index contributed by atoms with van der Waals surface area (Å²) in [7, 11) is 2.02. The molecule has 0 radical (unpaired) electrons. The lowest BCUT2D eigenvalue weighted by atomic mass is 10.1. The molecule has 1 fully saturated rings. The fourth-order valence-electron chi connectivity index (χ4n) is 3.13. The van der Waals surface area contributed by atoms with E-state index in [0.717, 1.165) is 36.1 Å². The number of aryl methyl sites for hydroxylation is 1. The number of anilines is 1. The number of hydrogen-bond donors (Lipinski definition) is 1. The summed E-state index contributed by atoms with van der Waals surface area (Å²) in [6.45, 7) is 7.06. The third kappa shape index (κ3) is 3.63. The third-order valence-corrected chi connectivity index (χ3v) is 4.20. The Kier molecular flexibility index (Phi) is 4.39. The number of rotatable bonds is 2. The first-order chi connectivity index (χ1) is 11.3. The van der Waals surface area contributed by atoms with Crippen LogP contribution in [0.25, 0.3) is 10.9 Å². The highest BCUT2D eigenvalue weighted by Crippen LogP contribution is 2.24. The molecule has 1 aliphatic heterocycles. The zero-order valence-electron chi connectivity index (χ0n) is 14.9. The average Bonchev–Trinajstić information content (AvgIpc) is 2.88. The van der Waals surface area contributed by atoms with E-state index in [1.807, 2.05) is 46.3 Å². The van der Waals surface area contributed by atoms with E-state index >= 15 is 0 Å². The average molecular weight is 330 g/mol. The SMILES string of the molecule is Cn1ccc2ccnc(NC3CCCN(C(=O)OC(C)(C)C)C3)c21. The Balaban J connectivity index is 1.71. The molecular weight excluding hydrogens is 304 g/mol. The second-order valence-corrected chi connectivity index (χ2v) is 7.43. The maximum atomic E-state index is 12.3. The van der Waals surface area contributed by atoms with Gasteiger partial charge < -0.3 is 19.5 Å². The van der Waals surface area contributed by atoms with Crippen molar-refractivity contribution in [3.05, 3.63) is 24.5 Å². The molecule has 0 aromatic carbocycles. The Morgan fingerprint density at radius 1 is 1.38 bits per heavy atom. The van der Waals surface area contributed by atoms with Crippen LogP contribution >= 0.6 is 0 Å². The van der Waals surface area contributed by atoms with E-state index in [4.69, 9.17) is 4.74 Å². The van der Waals surface area contributed by atoms with E-state index < -0.39 is 5.60 Å². The molecule has 130 valence electrons. The van der Waals surface area contributed by atoms with E-state index in [2.05, 4.69) is 20.9 Å². The van der Waals surface area contributed by atoms with E-state index in [-0.39, 0.29) is 12.1 Å². The predicted octanol–water partition coefficient (Wildman–Crippen LogP) is 3.38. The van der Waals surface area contributed by atoms with Crippen LogP contribution in [0.5, 0.6) is 0 Å². The first-order valence-electron chi connectivity index (χ1n) is 8.48. The van der Waals surface area contributed by atoms with Crippen LogP contribution in [-0.2, 0) is 11.8 Å². The second kappa shape index (κ2) is 6.34. The largest absolute Gasteiger partial charge is 0.444 e. The Morgan fingerprint density at radius 2 is 2.17 bits per heavy atom. The molecule has 0 spiro atoms. The molecule has 0 saturated carbocycles. The van der Waals surface area contributed by atoms with Crippen molar-refractivity contribution < 1.29 is 9.53 Å². The van der Waals surface area contributed by atoms with Gasteiger partial charge in [-0.2, -0.15) is 0 Å². The topological polar surface area (TPSA) is 59.4 Å². The highest BCUT2D eigenvalue weighted by molar-refractivity contribution is 5.89. The Bertz CT molecular complexity index is 732. The molecule has 2 aromatic heterocycles. The van der Waals surface area contributed by atoms with Crippen LogP contribution in [0.1, 0.15) is 33.6 Å². The van der Waals surface area contributed by atoms with Crippen molar-refractivity contribution in [1.82, 2.24) is 14.5 Å². The lowest BCUT2D eigenvalue weighted by molar-refractivity contribution is 0.0206. The maximum Gasteiger partial charge on any atom is 0.410 e. The standard InChI is InChI=1S/C18H26N4O2/c1-18(2,3)24-17(23)22-10-5-6-14(12-22)20-16-15-13(7-9-19-16)8-11-21(15)4/h7-9,11,14H,5-6,10,12H2,1-4H3,(H,19,20). The van der Waals surface area contributed by atoms with E-state index in [1.54, 1.807) is 4.90 Å². The second-order valence-electron chi connectivity index (χ2n) is 7.43. The molecule has 1 unspecified atom stereocenters. The zero-order chi connectivity index (χ0) is 17.3. The molecule has 3 heterocycles. The summed E-state index contributed by atoms with van der Waals surface area (Å²) in [4.78, 5) is 18.6. The lowest BCUT2D eigenvalue weighted by Gasteiger charge is -2.34. The number of aromatic nitrogens is 2. The number of pyridine rings is 1. The molecule has 6 heteroatoms. The Morgan fingerprint density at radius 3 is 2.92 bits per heavy atom. The van der Waals surface area contributed by atoms with Crippen LogP contribution < -0.4 is 5.32 Å². The van der Waals surface area contributed by atoms with Gasteiger partial charge in [-0.25, -0.2) is 9.78 Å². The third-order valence-electron chi connectivity index (χ3n) is 4.20. The highest BCUT2D eigenvalue weighted by atomic mass is 16.6. The first kappa shape index (κ1) is 16.6. The van der Waals surface area contributed by atoms with Crippen LogP contribution in [0.3, 0.4) is 0 Å². The minimum Gasteiger partial charge on any atom is -0.444 e. The van der Waals surface area contributed by atoms with Crippen LogP contribution in [0.4, 0.5) is 10.6 Å². The van der Waals surface area contributed by atoms with Gasteiger partial charge in [0.15, 0.2) is 5.82 Å². The lowest BCUT2D eigenvalue weighted by Crippen LogP contribution is -2.47. The van der Waals surface area contributed by atoms with Crippen LogP contribution in [0.2, 0.25) is 0 Å². The van der Waals surface area contributed by atoms with E-state index in [0.29, 0.717) is 6.54 Å². The predicted molar refractivity (Wildman–Crippen MR) is 95.2 cm³/mol. The van der Waals surface area contributed by atoms with Crippen LogP contribution in [0.15, 0.2) is 24.5 Å². The van der Waals surface area contributed by atoms with Gasteiger partial charge in [-0.05, 0) is 45.7 Å². The summed E-state index contributed by atoms with van der Waals surface area (Å²) in [5, 5.41) is 4.68. The molecule has 0 aliphatic carbocycles. The molecule has 1 atom stereocenters. The van der Waals surface area contributed by atoms with Gasteiger partial charge in [0.05, 0.1) is 5.52 Å². The van der Waals surface area contributed by atoms with Gasteiger partial charge in [-0.1, -0.05) is 0 Å². The molecule has 1 saturated heterocycles. The van der Waals surface area contributed by atoms with Crippen molar-refractivity contribution in [3.8, 4) is 0 Å². The number of likely N-dealkylation sites (tertiary alicyclic amines) is 1. The molecule has 3 rings (SSSR count). The van der Waals surface area contributed by atoms with Gasteiger partial charge in [0.25, 0.3) is 0 Å². The number of nitrogens with one attached hydrogen (secondary N) is 1. The summed E-state index contributed by atoms with van der Waals surface area (Å²) < 4.78 is 7.56. The van der Waals surface area contributed by atoms with Crippen molar-refractivity contribution in [2.24, 2.45) is 7.05 Å². The smallest absolute Gasteiger partial charge is 0.410 e. The zero-order valence-corrected chi connectivity index (χ0v) is 14.9. The quantitative estimate of drug-likeness (QED) is 0.917. The number of fused-ring (bicyclic) bond motifs is 1. The maximum absolute atomic E-state index is 12.3. The summed E-state index contributed by atoms with van der Waals surface area (Å²) >= 11 is 0. The minimum absolute atomic E-state index is 0.180. The highest BCUT2D eigenvalue weighted by Gasteiger charge is 2.28. The van der Waals surface area contributed by atoms with Crippen LogP contribution in [-0.4, -0.2) is 45.3 Å². The number of hydrogen-bond acceptors (Lipinski definition) is 4. The molecule has 1 aliphatic rings. The van der Waals surface area contributed by atoms with Gasteiger partial charge in [0, 0.05) is 44.0 Å². The first-order valence-corrected chi connectivity index (χ1v) is 8.48. The molecule has 1 N–H and O–H groups in total. The molecule has 24 heavy (non-hydrogen) atoms. The number of piperidine rings is 1. The summed E-state index contributed by atoms with van der Waals surface area (Å²) in [6, 6.07) is 4.27. The molecule has 0 bridgehead atoms. The van der Waals surface area contributed by atoms with Crippen molar-refractivity contribution in [2.75, 3.05) is 18.4 Å². The van der Waals surface area contributed by atoms with Crippen molar-refractivity contribution in [1.29, 1.82) is 0 Å². The number of ether oxygens (including phenoxy) is 1. The van der Waals surface area contributed by atoms with Gasteiger partial charge in [-0.3, -0.25) is 0 Å². The molecular formula is C18H26N4O2. The van der Waals surface area contributed by atoms with Crippen molar-refractivity contribution in [3.63, 3.8) is 0 Å². The van der Waals surface area contributed by atoms with Gasteiger partial charge in [-0.15, -0.1) is 0 Å². The normalized spacial score (nSPS) is 18.7. The number of carbonyl (C=O) groups excluding carboxylic acids is 1. The van der Waals surface area contributed by atoms with Gasteiger partial charge >= 0.3 is 6.09 Å². The Hall–Kier alpha value is -2.24.